The maximum Gasteiger partial charge on any atom is 0.137 e. The minimum absolute atomic E-state index is 0.762. The Balaban J connectivity index is 1.83. The van der Waals surface area contributed by atoms with Gasteiger partial charge in [-0.05, 0) is 38.1 Å². The SMILES string of the molecule is Clc1ccc2ncc(CN3CCCCCC3)n2c1. The first-order chi connectivity index (χ1) is 8.83. The summed E-state index contributed by atoms with van der Waals surface area (Å²) in [6, 6.07) is 3.86. The van der Waals surface area contributed by atoms with Gasteiger partial charge < -0.3 is 4.40 Å². The van der Waals surface area contributed by atoms with Gasteiger partial charge in [0, 0.05) is 12.7 Å². The number of imidazole rings is 1. The lowest BCUT2D eigenvalue weighted by Gasteiger charge is -2.19. The van der Waals surface area contributed by atoms with Crippen molar-refractivity contribution in [3.63, 3.8) is 0 Å². The van der Waals surface area contributed by atoms with Gasteiger partial charge in [-0.15, -0.1) is 0 Å². The topological polar surface area (TPSA) is 20.5 Å². The van der Waals surface area contributed by atoms with Crippen molar-refractivity contribution in [3.8, 4) is 0 Å². The van der Waals surface area contributed by atoms with Gasteiger partial charge >= 0.3 is 0 Å². The van der Waals surface area contributed by atoms with E-state index in [0.29, 0.717) is 0 Å². The van der Waals surface area contributed by atoms with Crippen molar-refractivity contribution in [1.29, 1.82) is 0 Å². The molecule has 0 spiro atoms. The number of halogens is 1. The molecule has 0 amide bonds. The summed E-state index contributed by atoms with van der Waals surface area (Å²) < 4.78 is 2.10. The van der Waals surface area contributed by atoms with Crippen LogP contribution in [0.15, 0.2) is 24.5 Å². The average Bonchev–Trinajstić information content (AvgIpc) is 2.60. The van der Waals surface area contributed by atoms with E-state index in [1.54, 1.807) is 0 Å². The molecule has 0 unspecified atom stereocenters. The van der Waals surface area contributed by atoms with Gasteiger partial charge in [-0.1, -0.05) is 24.4 Å². The molecule has 4 heteroatoms. The van der Waals surface area contributed by atoms with Gasteiger partial charge in [-0.25, -0.2) is 4.98 Å². The highest BCUT2D eigenvalue weighted by Gasteiger charge is 2.12. The molecule has 3 nitrogen and oxygen atoms in total. The zero-order chi connectivity index (χ0) is 12.4. The number of hydrogen-bond acceptors (Lipinski definition) is 2. The molecule has 1 aliphatic rings. The molecular weight excluding hydrogens is 246 g/mol. The summed E-state index contributed by atoms with van der Waals surface area (Å²) in [6.45, 7) is 3.38. The Morgan fingerprint density at radius 1 is 1.11 bits per heavy atom. The fourth-order valence-corrected chi connectivity index (χ4v) is 2.81. The van der Waals surface area contributed by atoms with Crippen LogP contribution in [0.5, 0.6) is 0 Å². The van der Waals surface area contributed by atoms with Crippen LogP contribution in [-0.4, -0.2) is 27.4 Å². The van der Waals surface area contributed by atoms with Crippen LogP contribution in [0.25, 0.3) is 5.65 Å². The highest BCUT2D eigenvalue weighted by Crippen LogP contribution is 2.16. The smallest absolute Gasteiger partial charge is 0.137 e. The lowest BCUT2D eigenvalue weighted by atomic mass is 10.2. The first kappa shape index (κ1) is 12.0. The first-order valence-corrected chi connectivity index (χ1v) is 7.04. The Kier molecular flexibility index (Phi) is 3.52. The largest absolute Gasteiger partial charge is 0.301 e. The van der Waals surface area contributed by atoms with E-state index < -0.39 is 0 Å². The highest BCUT2D eigenvalue weighted by molar-refractivity contribution is 6.30. The number of nitrogens with zero attached hydrogens (tertiary/aromatic N) is 3. The Morgan fingerprint density at radius 2 is 1.89 bits per heavy atom. The standard InChI is InChI=1S/C14H18ClN3/c15-12-5-6-14-16-9-13(18(14)10-12)11-17-7-3-1-2-4-8-17/h5-6,9-10H,1-4,7-8,11H2. The second-order valence-electron chi connectivity index (χ2n) is 5.02. The molecular formula is C14H18ClN3. The molecule has 2 aromatic heterocycles. The molecule has 1 saturated heterocycles. The van der Waals surface area contributed by atoms with Gasteiger partial charge in [0.2, 0.25) is 0 Å². The summed E-state index contributed by atoms with van der Waals surface area (Å²) in [6.07, 6.45) is 9.30. The van der Waals surface area contributed by atoms with Gasteiger partial charge in [-0.2, -0.15) is 0 Å². The molecule has 3 heterocycles. The maximum absolute atomic E-state index is 6.05. The van der Waals surface area contributed by atoms with Crippen LogP contribution in [0.2, 0.25) is 5.02 Å². The number of hydrogen-bond donors (Lipinski definition) is 0. The van der Waals surface area contributed by atoms with Crippen LogP contribution in [-0.2, 0) is 6.54 Å². The van der Waals surface area contributed by atoms with Gasteiger partial charge in [-0.3, -0.25) is 4.90 Å². The minimum atomic E-state index is 0.762. The zero-order valence-electron chi connectivity index (χ0n) is 10.5. The van der Waals surface area contributed by atoms with E-state index in [1.165, 1.54) is 44.5 Å². The zero-order valence-corrected chi connectivity index (χ0v) is 11.2. The molecule has 0 aromatic carbocycles. The van der Waals surface area contributed by atoms with Crippen molar-refractivity contribution in [3.05, 3.63) is 35.2 Å². The third-order valence-corrected chi connectivity index (χ3v) is 3.85. The fraction of sp³-hybridized carbons (Fsp3) is 0.500. The van der Waals surface area contributed by atoms with E-state index >= 15 is 0 Å². The second kappa shape index (κ2) is 5.29. The van der Waals surface area contributed by atoms with Crippen LogP contribution < -0.4 is 0 Å². The predicted molar refractivity (Wildman–Crippen MR) is 73.9 cm³/mol. The van der Waals surface area contributed by atoms with Crippen molar-refractivity contribution < 1.29 is 0 Å². The van der Waals surface area contributed by atoms with Crippen molar-refractivity contribution >= 4 is 17.2 Å². The maximum atomic E-state index is 6.05. The van der Waals surface area contributed by atoms with E-state index in [2.05, 4.69) is 14.3 Å². The Hall–Kier alpha value is -1.06. The third-order valence-electron chi connectivity index (χ3n) is 3.63. The summed E-state index contributed by atoms with van der Waals surface area (Å²) in [4.78, 5) is 6.95. The van der Waals surface area contributed by atoms with E-state index in [-0.39, 0.29) is 0 Å². The molecule has 18 heavy (non-hydrogen) atoms. The lowest BCUT2D eigenvalue weighted by Crippen LogP contribution is -2.24. The summed E-state index contributed by atoms with van der Waals surface area (Å²) in [5, 5.41) is 0.762. The minimum Gasteiger partial charge on any atom is -0.301 e. The highest BCUT2D eigenvalue weighted by atomic mass is 35.5. The van der Waals surface area contributed by atoms with Crippen LogP contribution >= 0.6 is 11.6 Å². The Morgan fingerprint density at radius 3 is 2.67 bits per heavy atom. The summed E-state index contributed by atoms with van der Waals surface area (Å²) in [5.74, 6) is 0. The summed E-state index contributed by atoms with van der Waals surface area (Å²) in [5.41, 5.74) is 2.21. The Labute approximate surface area is 112 Å². The molecule has 0 radical (unpaired) electrons. The number of likely N-dealkylation sites (tertiary alicyclic amines) is 1. The second-order valence-corrected chi connectivity index (χ2v) is 5.45. The molecule has 0 aliphatic carbocycles. The van der Waals surface area contributed by atoms with Gasteiger partial charge in [0.25, 0.3) is 0 Å². The van der Waals surface area contributed by atoms with E-state index in [1.807, 2.05) is 24.5 Å². The fourth-order valence-electron chi connectivity index (χ4n) is 2.65. The monoisotopic (exact) mass is 263 g/mol. The van der Waals surface area contributed by atoms with Crippen LogP contribution in [0.3, 0.4) is 0 Å². The van der Waals surface area contributed by atoms with E-state index in [4.69, 9.17) is 11.6 Å². The first-order valence-electron chi connectivity index (χ1n) is 6.67. The number of rotatable bonds is 2. The van der Waals surface area contributed by atoms with Crippen LogP contribution in [0.4, 0.5) is 0 Å². The molecule has 0 N–H and O–H groups in total. The van der Waals surface area contributed by atoms with Gasteiger partial charge in [0.05, 0.1) is 16.9 Å². The molecule has 1 aliphatic heterocycles. The number of aromatic nitrogens is 2. The van der Waals surface area contributed by atoms with Crippen molar-refractivity contribution in [2.75, 3.05) is 13.1 Å². The summed E-state index contributed by atoms with van der Waals surface area (Å²) >= 11 is 6.05. The lowest BCUT2D eigenvalue weighted by molar-refractivity contribution is 0.273. The van der Waals surface area contributed by atoms with Crippen molar-refractivity contribution in [2.24, 2.45) is 0 Å². The van der Waals surface area contributed by atoms with Crippen molar-refractivity contribution in [2.45, 2.75) is 32.2 Å². The molecule has 3 rings (SSSR count). The number of pyridine rings is 1. The van der Waals surface area contributed by atoms with Crippen LogP contribution in [0.1, 0.15) is 31.4 Å². The number of fused-ring (bicyclic) bond motifs is 1. The Bertz CT molecular complexity index is 527. The quantitative estimate of drug-likeness (QED) is 0.828. The van der Waals surface area contributed by atoms with Crippen molar-refractivity contribution in [1.82, 2.24) is 14.3 Å². The van der Waals surface area contributed by atoms with E-state index in [9.17, 15) is 0 Å². The molecule has 0 atom stereocenters. The molecule has 1 fully saturated rings. The molecule has 2 aromatic rings. The average molecular weight is 264 g/mol. The molecule has 0 saturated carbocycles. The summed E-state index contributed by atoms with van der Waals surface area (Å²) in [7, 11) is 0. The third kappa shape index (κ3) is 2.52. The normalized spacial score (nSPS) is 18.1. The van der Waals surface area contributed by atoms with Crippen LogP contribution in [0, 0.1) is 0 Å². The predicted octanol–water partition coefficient (Wildman–Crippen LogP) is 3.36. The molecule has 0 bridgehead atoms. The van der Waals surface area contributed by atoms with E-state index in [0.717, 1.165) is 17.2 Å². The van der Waals surface area contributed by atoms with Gasteiger partial charge in [0.15, 0.2) is 0 Å². The molecule has 96 valence electrons. The van der Waals surface area contributed by atoms with Gasteiger partial charge in [0.1, 0.15) is 5.65 Å².